The quantitative estimate of drug-likeness (QED) is 0.481. The Bertz CT molecular complexity index is 475. The Morgan fingerprint density at radius 3 is 1.83 bits per heavy atom. The zero-order valence-electron chi connectivity index (χ0n) is 11.0. The van der Waals surface area contributed by atoms with E-state index in [1.165, 1.54) is 33.4 Å². The molecule has 0 aromatic heterocycles. The summed E-state index contributed by atoms with van der Waals surface area (Å²) in [6.07, 6.45) is 0. The summed E-state index contributed by atoms with van der Waals surface area (Å²) in [6, 6.07) is 10.6. The number of rotatable bonds is 1. The van der Waals surface area contributed by atoms with Crippen molar-refractivity contribution in [2.24, 2.45) is 0 Å². The Morgan fingerprint density at radius 2 is 1.44 bits per heavy atom. The van der Waals surface area contributed by atoms with Crippen LogP contribution in [-0.2, 0) is 15.7 Å². The topological polar surface area (TPSA) is 0 Å². The molecular formula is C15H17Cl2Ir. The molecule has 0 nitrogen and oxygen atoms in total. The first kappa shape index (κ1) is 15.9. The van der Waals surface area contributed by atoms with E-state index in [0.717, 1.165) is 0 Å². The molecule has 2 aromatic rings. The molecule has 100 valence electrons. The van der Waals surface area contributed by atoms with Gasteiger partial charge in [-0.3, -0.25) is 0 Å². The molecule has 0 saturated carbocycles. The van der Waals surface area contributed by atoms with Crippen molar-refractivity contribution < 1.29 is 15.7 Å². The maximum atomic E-state index is 4.89. The van der Waals surface area contributed by atoms with Crippen molar-refractivity contribution in [3.8, 4) is 11.1 Å². The van der Waals surface area contributed by atoms with Crippen LogP contribution in [-0.4, -0.2) is 0 Å². The third-order valence-electron chi connectivity index (χ3n) is 3.50. The van der Waals surface area contributed by atoms with Crippen LogP contribution in [0.4, 0.5) is 0 Å². The summed E-state index contributed by atoms with van der Waals surface area (Å²) in [5, 5.41) is 0. The second-order valence-corrected chi connectivity index (χ2v) is 7.75. The van der Waals surface area contributed by atoms with Crippen molar-refractivity contribution in [2.75, 3.05) is 0 Å². The molecule has 2 rings (SSSR count). The van der Waals surface area contributed by atoms with Crippen LogP contribution in [0, 0.1) is 27.7 Å². The summed E-state index contributed by atoms with van der Waals surface area (Å²) < 4.78 is 0. The zero-order valence-corrected chi connectivity index (χ0v) is 14.9. The van der Waals surface area contributed by atoms with Crippen LogP contribution >= 0.6 is 19.2 Å². The van der Waals surface area contributed by atoms with Crippen LogP contribution in [0.3, 0.4) is 0 Å². The van der Waals surface area contributed by atoms with Crippen molar-refractivity contribution in [2.45, 2.75) is 27.7 Å². The first-order chi connectivity index (χ1) is 8.54. The van der Waals surface area contributed by atoms with Gasteiger partial charge in [0.25, 0.3) is 0 Å². The van der Waals surface area contributed by atoms with Gasteiger partial charge in [-0.25, -0.2) is 0 Å². The maximum absolute atomic E-state index is 4.89. The monoisotopic (exact) mass is 460 g/mol. The first-order valence-electron chi connectivity index (χ1n) is 5.66. The number of hydrogen-bond acceptors (Lipinski definition) is 0. The van der Waals surface area contributed by atoms with E-state index in [4.69, 9.17) is 19.2 Å². The van der Waals surface area contributed by atoms with Gasteiger partial charge in [-0.05, 0) is 0 Å². The van der Waals surface area contributed by atoms with Crippen LogP contribution in [0.1, 0.15) is 22.3 Å². The predicted molar refractivity (Wildman–Crippen MR) is 78.1 cm³/mol. The van der Waals surface area contributed by atoms with Gasteiger partial charge >= 0.3 is 34.8 Å². The van der Waals surface area contributed by atoms with Crippen molar-refractivity contribution in [1.29, 1.82) is 0 Å². The minimum atomic E-state index is -0.556. The number of hydrogen-bond donors (Lipinski definition) is 0. The van der Waals surface area contributed by atoms with E-state index in [9.17, 15) is 0 Å². The molecule has 0 aliphatic rings. The van der Waals surface area contributed by atoms with Gasteiger partial charge in [0.1, 0.15) is 0 Å². The molecule has 0 N–H and O–H groups in total. The fourth-order valence-corrected chi connectivity index (χ4v) is 2.26. The van der Waals surface area contributed by atoms with E-state index in [-0.39, 0.29) is 0 Å². The second kappa shape index (κ2) is 7.40. The SMILES string of the molecule is Cc1c(C)c(-c2ccccc2)[c-](C)c1C.[Cl][Ir+][Cl]. The van der Waals surface area contributed by atoms with Crippen molar-refractivity contribution in [3.63, 3.8) is 0 Å². The summed E-state index contributed by atoms with van der Waals surface area (Å²) in [6.45, 7) is 8.86. The molecule has 0 spiro atoms. The molecule has 0 saturated heterocycles. The molecule has 0 fully saturated rings. The van der Waals surface area contributed by atoms with E-state index < -0.39 is 15.7 Å². The van der Waals surface area contributed by atoms with E-state index in [2.05, 4.69) is 58.0 Å². The average Bonchev–Trinajstić information content (AvgIpc) is 2.56. The molecule has 2 aromatic carbocycles. The van der Waals surface area contributed by atoms with Gasteiger partial charge in [-0.15, -0.1) is 16.7 Å². The summed E-state index contributed by atoms with van der Waals surface area (Å²) >= 11 is -0.556. The molecular weight excluding hydrogens is 443 g/mol. The molecule has 3 heteroatoms. The van der Waals surface area contributed by atoms with Gasteiger partial charge in [0.05, 0.1) is 0 Å². The molecule has 0 aliphatic heterocycles. The van der Waals surface area contributed by atoms with Crippen LogP contribution in [0.5, 0.6) is 0 Å². The summed E-state index contributed by atoms with van der Waals surface area (Å²) in [5.74, 6) is 0. The summed E-state index contributed by atoms with van der Waals surface area (Å²) in [4.78, 5) is 0. The van der Waals surface area contributed by atoms with E-state index in [1.54, 1.807) is 0 Å². The molecule has 18 heavy (non-hydrogen) atoms. The molecule has 0 atom stereocenters. The van der Waals surface area contributed by atoms with Crippen LogP contribution < -0.4 is 0 Å². The van der Waals surface area contributed by atoms with Gasteiger partial charge in [-0.2, -0.15) is 11.1 Å². The molecule has 0 radical (unpaired) electrons. The van der Waals surface area contributed by atoms with E-state index >= 15 is 0 Å². The third-order valence-corrected chi connectivity index (χ3v) is 3.50. The fourth-order valence-electron chi connectivity index (χ4n) is 2.26. The second-order valence-electron chi connectivity index (χ2n) is 4.29. The Morgan fingerprint density at radius 1 is 0.944 bits per heavy atom. The normalized spacial score (nSPS) is 10.1. The average molecular weight is 460 g/mol. The Kier molecular flexibility index (Phi) is 6.52. The van der Waals surface area contributed by atoms with Gasteiger partial charge in [0, 0.05) is 0 Å². The number of benzene rings is 1. The Balaban J connectivity index is 0.000000492. The molecule has 0 aliphatic carbocycles. The zero-order chi connectivity index (χ0) is 13.7. The van der Waals surface area contributed by atoms with Crippen molar-refractivity contribution >= 4 is 19.2 Å². The number of halogens is 2. The van der Waals surface area contributed by atoms with Crippen molar-refractivity contribution in [3.05, 3.63) is 52.6 Å². The van der Waals surface area contributed by atoms with Crippen LogP contribution in [0.25, 0.3) is 11.1 Å². The fraction of sp³-hybridized carbons (Fsp3) is 0.267. The molecule has 0 heterocycles. The standard InChI is InChI=1S/C15H17.2ClH.Ir/c1-10-11(2)13(4)15(12(10)3)14-8-6-5-7-9-14;;;/h5-9H,1-4H3;2*1H;/q-1;;;+3/p-2. The molecule has 0 amide bonds. The van der Waals surface area contributed by atoms with Gasteiger partial charge in [-0.1, -0.05) is 63.6 Å². The van der Waals surface area contributed by atoms with Gasteiger partial charge in [0.15, 0.2) is 0 Å². The third kappa shape index (κ3) is 3.42. The Labute approximate surface area is 126 Å². The predicted octanol–water partition coefficient (Wildman–Crippen LogP) is 5.68. The molecule has 0 unspecified atom stereocenters. The van der Waals surface area contributed by atoms with Crippen LogP contribution in [0.15, 0.2) is 30.3 Å². The molecule has 0 bridgehead atoms. The summed E-state index contributed by atoms with van der Waals surface area (Å²) in [7, 11) is 9.78. The van der Waals surface area contributed by atoms with E-state index in [0.29, 0.717) is 0 Å². The van der Waals surface area contributed by atoms with Crippen molar-refractivity contribution in [1.82, 2.24) is 0 Å². The summed E-state index contributed by atoms with van der Waals surface area (Å²) in [5.41, 5.74) is 8.49. The Hall–Kier alpha value is -0.201. The van der Waals surface area contributed by atoms with Crippen LogP contribution in [0.2, 0.25) is 0 Å². The van der Waals surface area contributed by atoms with Gasteiger partial charge in [0.2, 0.25) is 0 Å². The van der Waals surface area contributed by atoms with E-state index in [1.807, 2.05) is 0 Å². The minimum absolute atomic E-state index is 0.556. The first-order valence-corrected chi connectivity index (χ1v) is 11.6. The van der Waals surface area contributed by atoms with Gasteiger partial charge < -0.3 is 0 Å².